The summed E-state index contributed by atoms with van der Waals surface area (Å²) in [4.78, 5) is 11.9. The highest BCUT2D eigenvalue weighted by Crippen LogP contribution is 2.07. The quantitative estimate of drug-likeness (QED) is 0.607. The molecule has 0 unspecified atom stereocenters. The Kier molecular flexibility index (Phi) is 3.35. The van der Waals surface area contributed by atoms with Gasteiger partial charge in [-0.2, -0.15) is 10.4 Å². The summed E-state index contributed by atoms with van der Waals surface area (Å²) in [5, 5.41) is 12.8. The standard InChI is InChI=1S/C14H11N3O/c1-17-10-12(9-16-17)5-6-14(18)13-4-2-3-11(7-13)8-15/h2-7,9-10H,1H3/b6-5-. The van der Waals surface area contributed by atoms with Gasteiger partial charge in [-0.15, -0.1) is 0 Å². The van der Waals surface area contributed by atoms with Gasteiger partial charge in [-0.1, -0.05) is 12.1 Å². The zero-order valence-corrected chi connectivity index (χ0v) is 9.87. The van der Waals surface area contributed by atoms with Crippen LogP contribution in [0, 0.1) is 11.3 Å². The summed E-state index contributed by atoms with van der Waals surface area (Å²) in [6.07, 6.45) is 6.67. The molecule has 0 bridgehead atoms. The Morgan fingerprint density at radius 1 is 1.50 bits per heavy atom. The van der Waals surface area contributed by atoms with Gasteiger partial charge in [-0.3, -0.25) is 9.48 Å². The predicted molar refractivity (Wildman–Crippen MR) is 67.7 cm³/mol. The molecule has 2 aromatic rings. The van der Waals surface area contributed by atoms with Crippen LogP contribution in [0.2, 0.25) is 0 Å². The van der Waals surface area contributed by atoms with Crippen LogP contribution in [-0.2, 0) is 7.05 Å². The highest BCUT2D eigenvalue weighted by Gasteiger charge is 2.02. The van der Waals surface area contributed by atoms with Gasteiger partial charge < -0.3 is 0 Å². The van der Waals surface area contributed by atoms with Crippen molar-refractivity contribution in [1.29, 1.82) is 5.26 Å². The number of carbonyl (C=O) groups is 1. The fraction of sp³-hybridized carbons (Fsp3) is 0.0714. The Bertz CT molecular complexity index is 647. The molecule has 4 nitrogen and oxygen atoms in total. The lowest BCUT2D eigenvalue weighted by molar-refractivity contribution is 0.104. The molecule has 1 heterocycles. The van der Waals surface area contributed by atoms with Gasteiger partial charge in [0.2, 0.25) is 0 Å². The molecular weight excluding hydrogens is 226 g/mol. The topological polar surface area (TPSA) is 58.7 Å². The number of rotatable bonds is 3. The maximum Gasteiger partial charge on any atom is 0.185 e. The first kappa shape index (κ1) is 11.8. The van der Waals surface area contributed by atoms with Crippen LogP contribution >= 0.6 is 0 Å². The van der Waals surface area contributed by atoms with E-state index < -0.39 is 0 Å². The number of ketones is 1. The van der Waals surface area contributed by atoms with Crippen molar-refractivity contribution in [1.82, 2.24) is 9.78 Å². The second kappa shape index (κ2) is 5.11. The van der Waals surface area contributed by atoms with E-state index >= 15 is 0 Å². The normalized spacial score (nSPS) is 10.4. The van der Waals surface area contributed by atoms with Crippen LogP contribution < -0.4 is 0 Å². The third kappa shape index (κ3) is 2.71. The van der Waals surface area contributed by atoms with E-state index in [2.05, 4.69) is 5.10 Å². The molecule has 18 heavy (non-hydrogen) atoms. The number of allylic oxidation sites excluding steroid dienone is 1. The molecule has 0 aliphatic rings. The summed E-state index contributed by atoms with van der Waals surface area (Å²) >= 11 is 0. The summed E-state index contributed by atoms with van der Waals surface area (Å²) in [5.74, 6) is -0.129. The van der Waals surface area contributed by atoms with Crippen molar-refractivity contribution in [2.75, 3.05) is 0 Å². The molecule has 1 aromatic carbocycles. The number of nitrogens with zero attached hydrogens (tertiary/aromatic N) is 3. The average Bonchev–Trinajstić information content (AvgIpc) is 2.82. The van der Waals surface area contributed by atoms with Crippen molar-refractivity contribution >= 4 is 11.9 Å². The molecule has 1 aromatic heterocycles. The van der Waals surface area contributed by atoms with Crippen molar-refractivity contribution < 1.29 is 4.79 Å². The van der Waals surface area contributed by atoms with E-state index in [1.165, 1.54) is 6.08 Å². The van der Waals surface area contributed by atoms with Crippen LogP contribution in [0.1, 0.15) is 21.5 Å². The number of hydrogen-bond donors (Lipinski definition) is 0. The Labute approximate surface area is 105 Å². The Morgan fingerprint density at radius 3 is 3.00 bits per heavy atom. The largest absolute Gasteiger partial charge is 0.289 e. The lowest BCUT2D eigenvalue weighted by Crippen LogP contribution is -1.94. The summed E-state index contributed by atoms with van der Waals surface area (Å²) in [6, 6.07) is 8.65. The van der Waals surface area contributed by atoms with Gasteiger partial charge in [-0.25, -0.2) is 0 Å². The van der Waals surface area contributed by atoms with E-state index in [4.69, 9.17) is 5.26 Å². The second-order valence-electron chi connectivity index (χ2n) is 3.84. The van der Waals surface area contributed by atoms with Crippen LogP contribution in [0.25, 0.3) is 6.08 Å². The highest BCUT2D eigenvalue weighted by atomic mass is 16.1. The first-order valence-electron chi connectivity index (χ1n) is 5.40. The maximum absolute atomic E-state index is 11.9. The third-order valence-corrected chi connectivity index (χ3v) is 2.43. The van der Waals surface area contributed by atoms with E-state index in [-0.39, 0.29) is 5.78 Å². The van der Waals surface area contributed by atoms with Crippen molar-refractivity contribution in [2.45, 2.75) is 0 Å². The molecule has 0 amide bonds. The smallest absolute Gasteiger partial charge is 0.185 e. The van der Waals surface area contributed by atoms with Crippen LogP contribution in [0.4, 0.5) is 0 Å². The lowest BCUT2D eigenvalue weighted by Gasteiger charge is -1.95. The van der Waals surface area contributed by atoms with Crippen molar-refractivity contribution in [2.24, 2.45) is 7.05 Å². The highest BCUT2D eigenvalue weighted by molar-refractivity contribution is 6.06. The number of nitriles is 1. The van der Waals surface area contributed by atoms with E-state index in [1.807, 2.05) is 19.3 Å². The molecule has 88 valence electrons. The minimum atomic E-state index is -0.129. The van der Waals surface area contributed by atoms with Crippen molar-refractivity contribution in [3.05, 3.63) is 59.4 Å². The molecule has 0 saturated heterocycles. The molecule has 4 heteroatoms. The van der Waals surface area contributed by atoms with Gasteiger partial charge in [-0.05, 0) is 24.3 Å². The molecule has 0 atom stereocenters. The van der Waals surface area contributed by atoms with Crippen LogP contribution in [-0.4, -0.2) is 15.6 Å². The van der Waals surface area contributed by atoms with Crippen LogP contribution in [0.15, 0.2) is 42.7 Å². The van der Waals surface area contributed by atoms with Gasteiger partial charge in [0.1, 0.15) is 0 Å². The monoisotopic (exact) mass is 237 g/mol. The summed E-state index contributed by atoms with van der Waals surface area (Å²) in [5.41, 5.74) is 1.85. The van der Waals surface area contributed by atoms with Gasteiger partial charge in [0.15, 0.2) is 5.78 Å². The molecule has 0 radical (unpaired) electrons. The number of benzene rings is 1. The average molecular weight is 237 g/mol. The minimum Gasteiger partial charge on any atom is -0.289 e. The lowest BCUT2D eigenvalue weighted by atomic mass is 10.1. The Hall–Kier alpha value is -2.67. The van der Waals surface area contributed by atoms with Crippen molar-refractivity contribution in [3.63, 3.8) is 0 Å². The SMILES string of the molecule is Cn1cc(/C=C\C(=O)c2cccc(C#N)c2)cn1. The number of hydrogen-bond acceptors (Lipinski definition) is 3. The number of aryl methyl sites for hydroxylation is 1. The van der Waals surface area contributed by atoms with E-state index in [9.17, 15) is 4.79 Å². The van der Waals surface area contributed by atoms with Crippen LogP contribution in [0.5, 0.6) is 0 Å². The third-order valence-electron chi connectivity index (χ3n) is 2.43. The molecule has 0 aliphatic carbocycles. The minimum absolute atomic E-state index is 0.129. The first-order chi connectivity index (χ1) is 8.69. The van der Waals surface area contributed by atoms with Gasteiger partial charge in [0.05, 0.1) is 17.8 Å². The van der Waals surface area contributed by atoms with E-state index in [0.717, 1.165) is 5.56 Å². The zero-order chi connectivity index (χ0) is 13.0. The van der Waals surface area contributed by atoms with Gasteiger partial charge in [0.25, 0.3) is 0 Å². The molecule has 0 spiro atoms. The van der Waals surface area contributed by atoms with E-state index in [0.29, 0.717) is 11.1 Å². The fourth-order valence-corrected chi connectivity index (χ4v) is 1.54. The fourth-order valence-electron chi connectivity index (χ4n) is 1.54. The number of aromatic nitrogens is 2. The Balaban J connectivity index is 2.17. The summed E-state index contributed by atoms with van der Waals surface area (Å²) in [6.45, 7) is 0. The zero-order valence-electron chi connectivity index (χ0n) is 9.87. The molecule has 2 rings (SSSR count). The van der Waals surface area contributed by atoms with Crippen molar-refractivity contribution in [3.8, 4) is 6.07 Å². The molecule has 0 fully saturated rings. The van der Waals surface area contributed by atoms with Gasteiger partial charge in [0, 0.05) is 24.4 Å². The molecule has 0 N–H and O–H groups in total. The van der Waals surface area contributed by atoms with E-state index in [1.54, 1.807) is 41.2 Å². The predicted octanol–water partition coefficient (Wildman–Crippen LogP) is 2.19. The molecular formula is C14H11N3O. The Morgan fingerprint density at radius 2 is 2.33 bits per heavy atom. The maximum atomic E-state index is 11.9. The molecule has 0 saturated carbocycles. The number of carbonyl (C=O) groups excluding carboxylic acids is 1. The summed E-state index contributed by atoms with van der Waals surface area (Å²) in [7, 11) is 1.82. The summed E-state index contributed by atoms with van der Waals surface area (Å²) < 4.78 is 1.67. The molecule has 0 aliphatic heterocycles. The first-order valence-corrected chi connectivity index (χ1v) is 5.40. The van der Waals surface area contributed by atoms with Crippen LogP contribution in [0.3, 0.4) is 0 Å². The van der Waals surface area contributed by atoms with Gasteiger partial charge >= 0.3 is 0 Å². The second-order valence-corrected chi connectivity index (χ2v) is 3.84.